The molecular weight excluding hydrogens is 450 g/mol. The number of nitrogens with one attached hydrogen (secondary N) is 1. The molecule has 5 nitrogen and oxygen atoms in total. The number of hydrogen-bond donors (Lipinski definition) is 2. The summed E-state index contributed by atoms with van der Waals surface area (Å²) in [5.41, 5.74) is 2.80. The average molecular weight is 470 g/mol. The van der Waals surface area contributed by atoms with E-state index in [9.17, 15) is 9.90 Å². The maximum atomic E-state index is 12.3. The maximum absolute atomic E-state index is 12.3. The van der Waals surface area contributed by atoms with Crippen LogP contribution in [0.2, 0.25) is 0 Å². The normalized spacial score (nSPS) is 19.0. The summed E-state index contributed by atoms with van der Waals surface area (Å²) >= 11 is 5.21. The summed E-state index contributed by atoms with van der Waals surface area (Å²) in [5, 5.41) is 12.2. The van der Waals surface area contributed by atoms with Gasteiger partial charge < -0.3 is 10.1 Å². The number of carboxylic acids is 1. The highest BCUT2D eigenvalue weighted by Gasteiger charge is 2.34. The van der Waals surface area contributed by atoms with Crippen molar-refractivity contribution in [2.45, 2.75) is 24.8 Å². The van der Waals surface area contributed by atoms with Gasteiger partial charge in [0.2, 0.25) is 0 Å². The van der Waals surface area contributed by atoms with Gasteiger partial charge in [0.25, 0.3) is 0 Å². The molecule has 1 aliphatic rings. The Bertz CT molecular complexity index is 1170. The lowest BCUT2D eigenvalue weighted by Crippen LogP contribution is -2.40. The second-order valence-corrected chi connectivity index (χ2v) is 9.51. The summed E-state index contributed by atoms with van der Waals surface area (Å²) in [5.74, 6) is -0.541. The first kappa shape index (κ1) is 18.8. The number of carboxylic acid groups (broad SMARTS) is 1. The monoisotopic (exact) mass is 469 g/mol. The van der Waals surface area contributed by atoms with Crippen molar-refractivity contribution in [2.24, 2.45) is 0 Å². The quantitative estimate of drug-likeness (QED) is 0.411. The molecule has 0 radical (unpaired) electrons. The van der Waals surface area contributed by atoms with Crippen molar-refractivity contribution in [1.29, 1.82) is 0 Å². The average Bonchev–Trinajstić information content (AvgIpc) is 3.32. The molecule has 2 aromatic carbocycles. The summed E-state index contributed by atoms with van der Waals surface area (Å²) in [4.78, 5) is 22.5. The summed E-state index contributed by atoms with van der Waals surface area (Å²) in [6.07, 6.45) is 3.86. The minimum atomic E-state index is -0.807. The summed E-state index contributed by atoms with van der Waals surface area (Å²) < 4.78 is 2.16. The summed E-state index contributed by atoms with van der Waals surface area (Å²) in [7, 11) is 0. The molecule has 2 aromatic heterocycles. The smallest absolute Gasteiger partial charge is 0.325 e. The number of halogens is 1. The van der Waals surface area contributed by atoms with Gasteiger partial charge in [0, 0.05) is 39.6 Å². The Morgan fingerprint density at radius 1 is 1.31 bits per heavy atom. The Balaban J connectivity index is 1.47. The minimum absolute atomic E-state index is 0.266. The third-order valence-corrected chi connectivity index (χ3v) is 7.37. The van der Waals surface area contributed by atoms with Crippen LogP contribution in [0.4, 0.5) is 0 Å². The van der Waals surface area contributed by atoms with Crippen LogP contribution in [0, 0.1) is 0 Å². The molecule has 0 spiro atoms. The SMILES string of the molecule is O=C(O)[C@@H](c1c[nH]c2cc(Br)ccc12)N1CCC[C@H](c2nc3ccccc3s2)C1. The van der Waals surface area contributed by atoms with Crippen molar-refractivity contribution < 1.29 is 9.90 Å². The highest BCUT2D eigenvalue weighted by Crippen LogP contribution is 2.37. The maximum Gasteiger partial charge on any atom is 0.325 e. The fraction of sp³-hybridized carbons (Fsp3) is 0.273. The van der Waals surface area contributed by atoms with Crippen molar-refractivity contribution in [3.8, 4) is 0 Å². The number of carbonyl (C=O) groups is 1. The standard InChI is InChI=1S/C22H20BrN3O2S/c23-14-7-8-15-16(11-24-18(15)10-14)20(22(27)28)26-9-3-4-13(12-26)21-25-17-5-1-2-6-19(17)29-21/h1-2,5-8,10-11,13,20,24H,3-4,9,12H2,(H,27,28)/t13-,20+/m0/s1. The van der Waals surface area contributed by atoms with Gasteiger partial charge in [0.1, 0.15) is 6.04 Å². The van der Waals surface area contributed by atoms with Crippen LogP contribution in [0.15, 0.2) is 53.1 Å². The van der Waals surface area contributed by atoms with Crippen LogP contribution in [-0.2, 0) is 4.79 Å². The minimum Gasteiger partial charge on any atom is -0.480 e. The number of benzene rings is 2. The largest absolute Gasteiger partial charge is 0.480 e. The van der Waals surface area contributed by atoms with E-state index in [1.165, 1.54) is 4.70 Å². The van der Waals surface area contributed by atoms with Gasteiger partial charge in [-0.1, -0.05) is 34.1 Å². The van der Waals surface area contributed by atoms with E-state index >= 15 is 0 Å². The van der Waals surface area contributed by atoms with Crippen LogP contribution in [0.25, 0.3) is 21.1 Å². The zero-order valence-electron chi connectivity index (χ0n) is 15.6. The molecule has 0 bridgehead atoms. The van der Waals surface area contributed by atoms with Crippen LogP contribution in [0.1, 0.15) is 35.4 Å². The van der Waals surface area contributed by atoms with E-state index in [1.807, 2.05) is 42.6 Å². The van der Waals surface area contributed by atoms with Gasteiger partial charge in [-0.15, -0.1) is 11.3 Å². The number of nitrogens with zero attached hydrogens (tertiary/aromatic N) is 2. The molecule has 2 N–H and O–H groups in total. The molecule has 2 atom stereocenters. The van der Waals surface area contributed by atoms with Gasteiger partial charge in [-0.3, -0.25) is 9.69 Å². The molecule has 0 amide bonds. The number of thiazole rings is 1. The number of rotatable bonds is 4. The van der Waals surface area contributed by atoms with Gasteiger partial charge in [0.05, 0.1) is 15.2 Å². The predicted octanol–water partition coefficient (Wildman–Crippen LogP) is 5.55. The number of fused-ring (bicyclic) bond motifs is 2. The third kappa shape index (κ3) is 3.47. The number of para-hydroxylation sites is 1. The van der Waals surface area contributed by atoms with Gasteiger partial charge in [0.15, 0.2) is 0 Å². The zero-order valence-corrected chi connectivity index (χ0v) is 18.0. The molecular formula is C22H20BrN3O2S. The first-order valence-corrected chi connectivity index (χ1v) is 11.3. The van der Waals surface area contributed by atoms with Crippen LogP contribution < -0.4 is 0 Å². The first-order valence-electron chi connectivity index (χ1n) is 9.69. The van der Waals surface area contributed by atoms with Crippen molar-refractivity contribution in [3.05, 3.63) is 63.7 Å². The molecule has 1 fully saturated rings. The van der Waals surface area contributed by atoms with Gasteiger partial charge in [-0.25, -0.2) is 4.98 Å². The Labute approximate surface area is 180 Å². The number of likely N-dealkylation sites (tertiary alicyclic amines) is 1. The van der Waals surface area contributed by atoms with Crippen molar-refractivity contribution in [2.75, 3.05) is 13.1 Å². The molecule has 3 heterocycles. The Kier molecular flexibility index (Phi) is 4.89. The zero-order chi connectivity index (χ0) is 20.0. The molecule has 0 unspecified atom stereocenters. The highest BCUT2D eigenvalue weighted by molar-refractivity contribution is 9.10. The lowest BCUT2D eigenvalue weighted by molar-refractivity contribution is -0.144. The first-order chi connectivity index (χ1) is 14.1. The lowest BCUT2D eigenvalue weighted by Gasteiger charge is -2.35. The van der Waals surface area contributed by atoms with Gasteiger partial charge in [-0.2, -0.15) is 0 Å². The fourth-order valence-electron chi connectivity index (χ4n) is 4.34. The molecule has 0 saturated carbocycles. The van der Waals surface area contributed by atoms with E-state index in [2.05, 4.69) is 31.9 Å². The third-order valence-electron chi connectivity index (χ3n) is 5.68. The molecule has 1 saturated heterocycles. The number of aromatic nitrogens is 2. The van der Waals surface area contributed by atoms with Crippen LogP contribution >= 0.6 is 27.3 Å². The van der Waals surface area contributed by atoms with Crippen molar-refractivity contribution in [1.82, 2.24) is 14.9 Å². The van der Waals surface area contributed by atoms with E-state index < -0.39 is 12.0 Å². The van der Waals surface area contributed by atoms with Crippen LogP contribution in [0.3, 0.4) is 0 Å². The van der Waals surface area contributed by atoms with Crippen LogP contribution in [-0.4, -0.2) is 39.0 Å². The van der Waals surface area contributed by atoms with Crippen molar-refractivity contribution in [3.63, 3.8) is 0 Å². The van der Waals surface area contributed by atoms with Crippen molar-refractivity contribution >= 4 is 54.4 Å². The summed E-state index contributed by atoms with van der Waals surface area (Å²) in [6, 6.07) is 13.4. The molecule has 1 aliphatic heterocycles. The topological polar surface area (TPSA) is 69.2 Å². The van der Waals surface area contributed by atoms with Crippen LogP contribution in [0.5, 0.6) is 0 Å². The molecule has 5 rings (SSSR count). The molecule has 7 heteroatoms. The highest BCUT2D eigenvalue weighted by atomic mass is 79.9. The lowest BCUT2D eigenvalue weighted by atomic mass is 9.95. The number of aromatic amines is 1. The van der Waals surface area contributed by atoms with Gasteiger partial charge in [-0.05, 0) is 43.7 Å². The van der Waals surface area contributed by atoms with E-state index in [-0.39, 0.29) is 5.92 Å². The second kappa shape index (κ2) is 7.55. The van der Waals surface area contributed by atoms with E-state index in [0.717, 1.165) is 50.8 Å². The number of H-pyrrole nitrogens is 1. The number of hydrogen-bond acceptors (Lipinski definition) is 4. The second-order valence-electron chi connectivity index (χ2n) is 7.53. The molecule has 29 heavy (non-hydrogen) atoms. The molecule has 4 aromatic rings. The molecule has 148 valence electrons. The van der Waals surface area contributed by atoms with E-state index in [0.29, 0.717) is 6.54 Å². The summed E-state index contributed by atoms with van der Waals surface area (Å²) in [6.45, 7) is 1.49. The molecule has 0 aliphatic carbocycles. The van der Waals surface area contributed by atoms with Gasteiger partial charge >= 0.3 is 5.97 Å². The van der Waals surface area contributed by atoms with E-state index in [1.54, 1.807) is 11.3 Å². The Hall–Kier alpha value is -2.22. The predicted molar refractivity (Wildman–Crippen MR) is 120 cm³/mol. The Morgan fingerprint density at radius 3 is 3.00 bits per heavy atom. The number of aliphatic carboxylic acids is 1. The Morgan fingerprint density at radius 2 is 2.17 bits per heavy atom. The fourth-order valence-corrected chi connectivity index (χ4v) is 5.79. The van der Waals surface area contributed by atoms with E-state index in [4.69, 9.17) is 4.98 Å². The number of piperidine rings is 1.